The molecule has 1 unspecified atom stereocenters. The number of allylic oxidation sites excluding steroid dienone is 2. The van der Waals surface area contributed by atoms with Crippen LogP contribution in [0, 0.1) is 6.13 Å². The lowest BCUT2D eigenvalue weighted by Crippen LogP contribution is -2.41. The quantitative estimate of drug-likeness (QED) is 0.466. The third-order valence-electron chi connectivity index (χ3n) is 3.04. The first-order valence-corrected chi connectivity index (χ1v) is 6.85. The first kappa shape index (κ1) is 13.3. The van der Waals surface area contributed by atoms with Gasteiger partial charge >= 0.3 is 0 Å². The molecule has 1 N–H and O–H groups in total. The fourth-order valence-corrected chi connectivity index (χ4v) is 2.35. The minimum atomic E-state index is -1.14. The van der Waals surface area contributed by atoms with Crippen LogP contribution in [0.2, 0.25) is 0 Å². The van der Waals surface area contributed by atoms with Crippen molar-refractivity contribution < 1.29 is 9.90 Å². The molecule has 16 heavy (non-hydrogen) atoms. The van der Waals surface area contributed by atoms with Crippen molar-refractivity contribution >= 4 is 13.8 Å². The average Bonchev–Trinajstić information content (AvgIpc) is 2.31. The van der Waals surface area contributed by atoms with Gasteiger partial charge in [0.1, 0.15) is 5.60 Å². The van der Waals surface area contributed by atoms with Crippen LogP contribution in [-0.2, 0) is 4.79 Å². The number of ketones is 1. The van der Waals surface area contributed by atoms with Gasteiger partial charge in [-0.2, -0.15) is 0 Å². The first-order valence-electron chi connectivity index (χ1n) is 5.70. The molecule has 0 heterocycles. The van der Waals surface area contributed by atoms with Gasteiger partial charge in [0.25, 0.3) is 0 Å². The van der Waals surface area contributed by atoms with Crippen LogP contribution in [0.5, 0.6) is 0 Å². The number of Topliss-reactive ketones (excluding diaryl/α,β-unsaturated/α-hetero) is 1. The summed E-state index contributed by atoms with van der Waals surface area (Å²) < 4.78 is 0. The molecule has 1 aliphatic carbocycles. The lowest BCUT2D eigenvalue weighted by Gasteiger charge is -2.30. The summed E-state index contributed by atoms with van der Waals surface area (Å²) in [4.78, 5) is 12.1. The summed E-state index contributed by atoms with van der Waals surface area (Å²) in [6, 6.07) is 0. The Labute approximate surface area is 98.5 Å². The summed E-state index contributed by atoms with van der Waals surface area (Å²) in [5.41, 5.74) is -0.565. The van der Waals surface area contributed by atoms with E-state index in [4.69, 9.17) is 6.13 Å². The average molecular weight is 238 g/mol. The van der Waals surface area contributed by atoms with Gasteiger partial charge in [-0.25, -0.2) is 0 Å². The Hall–Kier alpha value is -0.810. The monoisotopic (exact) mass is 238 g/mol. The second kappa shape index (κ2) is 6.06. The molecule has 0 aromatic carbocycles. The van der Waals surface area contributed by atoms with Gasteiger partial charge in [0.2, 0.25) is 0 Å². The fraction of sp³-hybridized carbons (Fsp3) is 0.538. The van der Waals surface area contributed by atoms with Crippen LogP contribution < -0.4 is 0 Å². The molecule has 3 heteroatoms. The number of carbonyl (C=O) groups excluding carboxylic acids is 1. The van der Waals surface area contributed by atoms with Crippen LogP contribution in [-0.4, -0.2) is 16.5 Å². The SMILES string of the molecule is C#[PH]/C=C\C(=C/C)C(=O)C1(O)CCCCC1. The Kier molecular flexibility index (Phi) is 5.02. The Morgan fingerprint density at radius 1 is 1.38 bits per heavy atom. The highest BCUT2D eigenvalue weighted by atomic mass is 31.0. The number of rotatable bonds is 3. The van der Waals surface area contributed by atoms with E-state index in [1.165, 1.54) is 0 Å². The van der Waals surface area contributed by atoms with E-state index in [0.717, 1.165) is 19.3 Å². The zero-order chi connectivity index (χ0) is 12.0. The summed E-state index contributed by atoms with van der Waals surface area (Å²) in [5.74, 6) is 1.61. The molecule has 0 amide bonds. The molecule has 1 aliphatic rings. The summed E-state index contributed by atoms with van der Waals surface area (Å²) in [6.07, 6.45) is 13.0. The molecule has 0 aromatic heterocycles. The van der Waals surface area contributed by atoms with Gasteiger partial charge in [-0.05, 0) is 31.7 Å². The molecule has 0 aliphatic heterocycles. The summed E-state index contributed by atoms with van der Waals surface area (Å²) in [6.45, 7) is 1.81. The molecule has 0 radical (unpaired) electrons. The van der Waals surface area contributed by atoms with E-state index in [-0.39, 0.29) is 13.8 Å². The van der Waals surface area contributed by atoms with Crippen LogP contribution in [0.4, 0.5) is 0 Å². The summed E-state index contributed by atoms with van der Waals surface area (Å²) >= 11 is 0. The van der Waals surface area contributed by atoms with E-state index in [0.29, 0.717) is 18.4 Å². The van der Waals surface area contributed by atoms with Crippen molar-refractivity contribution in [3.05, 3.63) is 23.5 Å². The van der Waals surface area contributed by atoms with E-state index in [1.807, 2.05) is 6.92 Å². The predicted octanol–water partition coefficient (Wildman–Crippen LogP) is 2.98. The van der Waals surface area contributed by atoms with E-state index in [9.17, 15) is 9.90 Å². The summed E-state index contributed by atoms with van der Waals surface area (Å²) in [5, 5.41) is 10.3. The van der Waals surface area contributed by atoms with Crippen LogP contribution in [0.15, 0.2) is 23.5 Å². The topological polar surface area (TPSA) is 37.3 Å². The van der Waals surface area contributed by atoms with Crippen molar-refractivity contribution in [2.45, 2.75) is 44.6 Å². The predicted molar refractivity (Wildman–Crippen MR) is 69.2 cm³/mol. The molecule has 0 saturated heterocycles. The van der Waals surface area contributed by atoms with Gasteiger partial charge in [0.05, 0.1) is 0 Å². The van der Waals surface area contributed by atoms with Crippen molar-refractivity contribution in [1.29, 1.82) is 0 Å². The maximum Gasteiger partial charge on any atom is 0.194 e. The number of carbonyl (C=O) groups is 1. The summed E-state index contributed by atoms with van der Waals surface area (Å²) in [7, 11) is 0.190. The maximum atomic E-state index is 12.1. The largest absolute Gasteiger partial charge is 0.382 e. The van der Waals surface area contributed by atoms with Crippen LogP contribution in [0.3, 0.4) is 0 Å². The van der Waals surface area contributed by atoms with Crippen molar-refractivity contribution in [3.63, 3.8) is 0 Å². The van der Waals surface area contributed by atoms with Gasteiger partial charge in [0, 0.05) is 5.57 Å². The second-order valence-electron chi connectivity index (χ2n) is 4.17. The van der Waals surface area contributed by atoms with Gasteiger partial charge < -0.3 is 5.11 Å². The molecule has 0 bridgehead atoms. The molecule has 1 rings (SSSR count). The van der Waals surface area contributed by atoms with Gasteiger partial charge in [-0.1, -0.05) is 25.3 Å². The molecule has 2 nitrogen and oxygen atoms in total. The van der Waals surface area contributed by atoms with E-state index in [1.54, 1.807) is 18.0 Å². The molecular formula is C13H19O2P. The smallest absolute Gasteiger partial charge is 0.194 e. The van der Waals surface area contributed by atoms with E-state index in [2.05, 4.69) is 0 Å². The van der Waals surface area contributed by atoms with Crippen LogP contribution in [0.1, 0.15) is 39.0 Å². The molecule has 1 atom stereocenters. The molecule has 0 aromatic rings. The number of hydrogen-bond donors (Lipinski definition) is 1. The van der Waals surface area contributed by atoms with Crippen LogP contribution >= 0.6 is 8.04 Å². The highest BCUT2D eigenvalue weighted by molar-refractivity contribution is 7.29. The van der Waals surface area contributed by atoms with Crippen molar-refractivity contribution in [3.8, 4) is 6.13 Å². The zero-order valence-corrected chi connectivity index (χ0v) is 10.7. The van der Waals surface area contributed by atoms with Gasteiger partial charge in [0.15, 0.2) is 5.78 Å². The molecule has 88 valence electrons. The Balaban J connectivity index is 2.83. The zero-order valence-electron chi connectivity index (χ0n) is 9.70. The van der Waals surface area contributed by atoms with Crippen molar-refractivity contribution in [1.82, 2.24) is 0 Å². The third kappa shape index (κ3) is 3.09. The molecular weight excluding hydrogens is 219 g/mol. The van der Waals surface area contributed by atoms with Gasteiger partial charge in [-0.3, -0.25) is 4.79 Å². The minimum absolute atomic E-state index is 0.149. The Morgan fingerprint density at radius 2 is 2.00 bits per heavy atom. The van der Waals surface area contributed by atoms with Crippen molar-refractivity contribution in [2.75, 3.05) is 0 Å². The fourth-order valence-electron chi connectivity index (χ4n) is 2.07. The number of aliphatic hydroxyl groups is 1. The maximum absolute atomic E-state index is 12.1. The molecule has 0 spiro atoms. The van der Waals surface area contributed by atoms with E-state index < -0.39 is 5.60 Å². The lowest BCUT2D eigenvalue weighted by atomic mass is 9.79. The Morgan fingerprint density at radius 3 is 2.50 bits per heavy atom. The van der Waals surface area contributed by atoms with Crippen molar-refractivity contribution in [2.24, 2.45) is 0 Å². The molecule has 1 saturated carbocycles. The highest BCUT2D eigenvalue weighted by Crippen LogP contribution is 2.31. The standard InChI is InChI=1S/C13H19O2P/c1-3-11(7-10-16-2)12(14)13(15)8-5-4-6-9-13/h2-3,7,10,15-16H,4-6,8-9H2,1H3/b10-7-,11-3+. The van der Waals surface area contributed by atoms with Gasteiger partial charge in [-0.15, -0.1) is 14.2 Å². The van der Waals surface area contributed by atoms with E-state index >= 15 is 0 Å². The first-order chi connectivity index (χ1) is 7.64. The second-order valence-corrected chi connectivity index (χ2v) is 4.83. The third-order valence-corrected chi connectivity index (χ3v) is 3.39. The highest BCUT2D eigenvalue weighted by Gasteiger charge is 2.37. The normalized spacial score (nSPS) is 21.4. The Bertz CT molecular complexity index is 355. The number of hydrogen-bond acceptors (Lipinski definition) is 2. The minimum Gasteiger partial charge on any atom is -0.382 e. The van der Waals surface area contributed by atoms with Crippen LogP contribution in [0.25, 0.3) is 0 Å². The lowest BCUT2D eigenvalue weighted by molar-refractivity contribution is -0.136. The molecule has 1 fully saturated rings.